The predicted octanol–water partition coefficient (Wildman–Crippen LogP) is 2.64. The van der Waals surface area contributed by atoms with E-state index in [-0.39, 0.29) is 11.3 Å². The van der Waals surface area contributed by atoms with Crippen LogP contribution in [0.3, 0.4) is 0 Å². The van der Waals surface area contributed by atoms with Crippen LogP contribution >= 0.6 is 31.9 Å². The largest absolute Gasteiger partial charge is 0.506 e. The van der Waals surface area contributed by atoms with Gasteiger partial charge in [-0.15, -0.1) is 0 Å². The minimum absolute atomic E-state index is 0.0697. The van der Waals surface area contributed by atoms with E-state index in [2.05, 4.69) is 42.7 Å². The molecule has 2 amide bonds. The normalized spacial score (nSPS) is 10.4. The molecule has 0 unspecified atom stereocenters. The number of hydrogen-bond acceptors (Lipinski definition) is 3. The second-order valence-corrected chi connectivity index (χ2v) is 6.48. The highest BCUT2D eigenvalue weighted by atomic mass is 79.9. The molecule has 1 heterocycles. The van der Waals surface area contributed by atoms with Gasteiger partial charge in [-0.1, -0.05) is 0 Å². The van der Waals surface area contributed by atoms with Gasteiger partial charge in [-0.05, 0) is 62.5 Å². The number of carbonyl (C=O) groups is 2. The highest BCUT2D eigenvalue weighted by Crippen LogP contribution is 2.29. The fourth-order valence-electron chi connectivity index (χ4n) is 1.90. The van der Waals surface area contributed by atoms with Gasteiger partial charge in [-0.3, -0.25) is 20.4 Å². The van der Waals surface area contributed by atoms with Crippen molar-refractivity contribution in [3.8, 4) is 5.75 Å². The molecule has 0 fully saturated rings. The highest BCUT2D eigenvalue weighted by molar-refractivity contribution is 9.10. The Balaban J connectivity index is 2.10. The first-order valence-corrected chi connectivity index (χ1v) is 7.80. The maximum Gasteiger partial charge on any atom is 0.286 e. The maximum absolute atomic E-state index is 12.1. The van der Waals surface area contributed by atoms with E-state index in [9.17, 15) is 14.7 Å². The van der Waals surface area contributed by atoms with E-state index in [4.69, 9.17) is 0 Å². The number of benzene rings is 1. The summed E-state index contributed by atoms with van der Waals surface area (Å²) < 4.78 is 2.79. The Kier molecular flexibility index (Phi) is 4.92. The molecule has 22 heavy (non-hydrogen) atoms. The van der Waals surface area contributed by atoms with E-state index < -0.39 is 11.8 Å². The van der Waals surface area contributed by atoms with Crippen molar-refractivity contribution in [2.45, 2.75) is 6.92 Å². The number of aromatic nitrogens is 1. The van der Waals surface area contributed by atoms with E-state index in [1.54, 1.807) is 36.9 Å². The molecule has 6 nitrogen and oxygen atoms in total. The molecule has 0 aliphatic heterocycles. The molecule has 1 aromatic carbocycles. The van der Waals surface area contributed by atoms with Crippen LogP contribution in [0.25, 0.3) is 0 Å². The van der Waals surface area contributed by atoms with Crippen LogP contribution in [0.2, 0.25) is 0 Å². The van der Waals surface area contributed by atoms with Crippen molar-refractivity contribution in [3.05, 3.63) is 50.2 Å². The lowest BCUT2D eigenvalue weighted by Crippen LogP contribution is -2.42. The Morgan fingerprint density at radius 3 is 2.36 bits per heavy atom. The standard InChI is InChI=1S/C14H13Br2N3O3/c1-7-3-9(12(20)10(16)4-7)13(21)17-18-14(22)11-5-8(15)6-19(11)2/h3-6,20H,1-2H3,(H,17,21)(H,18,22). The number of hydrogen-bond donors (Lipinski definition) is 3. The Hall–Kier alpha value is -1.80. The Bertz CT molecular complexity index is 756. The summed E-state index contributed by atoms with van der Waals surface area (Å²) >= 11 is 6.44. The minimum Gasteiger partial charge on any atom is -0.506 e. The van der Waals surface area contributed by atoms with Crippen molar-refractivity contribution in [2.24, 2.45) is 7.05 Å². The zero-order valence-corrected chi connectivity index (χ0v) is 14.9. The summed E-state index contributed by atoms with van der Waals surface area (Å²) in [5, 5.41) is 9.89. The summed E-state index contributed by atoms with van der Waals surface area (Å²) in [5.74, 6) is -1.25. The molecular weight excluding hydrogens is 418 g/mol. The van der Waals surface area contributed by atoms with Crippen molar-refractivity contribution in [2.75, 3.05) is 0 Å². The molecule has 0 atom stereocenters. The third-order valence-electron chi connectivity index (χ3n) is 2.95. The van der Waals surface area contributed by atoms with Crippen LogP contribution in [-0.2, 0) is 7.05 Å². The van der Waals surface area contributed by atoms with Crippen LogP contribution in [0, 0.1) is 6.92 Å². The smallest absolute Gasteiger partial charge is 0.286 e. The highest BCUT2D eigenvalue weighted by Gasteiger charge is 2.16. The molecule has 8 heteroatoms. The number of rotatable bonds is 2. The molecule has 116 valence electrons. The van der Waals surface area contributed by atoms with Gasteiger partial charge in [0.05, 0.1) is 10.0 Å². The molecule has 2 aromatic rings. The first-order chi connectivity index (χ1) is 10.3. The summed E-state index contributed by atoms with van der Waals surface area (Å²) in [7, 11) is 1.71. The molecule has 0 bridgehead atoms. The molecule has 2 rings (SSSR count). The average Bonchev–Trinajstić information content (AvgIpc) is 2.78. The van der Waals surface area contributed by atoms with Crippen LogP contribution < -0.4 is 10.9 Å². The second-order valence-electron chi connectivity index (χ2n) is 4.71. The second kappa shape index (κ2) is 6.53. The lowest BCUT2D eigenvalue weighted by molar-refractivity contribution is 0.0840. The number of nitrogens with zero attached hydrogens (tertiary/aromatic N) is 1. The van der Waals surface area contributed by atoms with Gasteiger partial charge >= 0.3 is 0 Å². The third-order valence-corrected chi connectivity index (χ3v) is 3.98. The number of hydrazine groups is 1. The van der Waals surface area contributed by atoms with E-state index in [0.29, 0.717) is 10.2 Å². The number of carbonyl (C=O) groups excluding carboxylic acids is 2. The molecule has 0 aliphatic carbocycles. The van der Waals surface area contributed by atoms with E-state index in [1.807, 2.05) is 0 Å². The summed E-state index contributed by atoms with van der Waals surface area (Å²) in [6.45, 7) is 1.79. The van der Waals surface area contributed by atoms with Gasteiger partial charge in [-0.25, -0.2) is 0 Å². The van der Waals surface area contributed by atoms with Crippen molar-refractivity contribution in [1.29, 1.82) is 0 Å². The number of aryl methyl sites for hydroxylation is 2. The summed E-state index contributed by atoms with van der Waals surface area (Å²) in [5.41, 5.74) is 5.84. The van der Waals surface area contributed by atoms with Crippen LogP contribution in [-0.4, -0.2) is 21.5 Å². The fourth-order valence-corrected chi connectivity index (χ4v) is 3.00. The molecule has 0 saturated heterocycles. The zero-order chi connectivity index (χ0) is 16.4. The minimum atomic E-state index is -0.608. The van der Waals surface area contributed by atoms with Gasteiger partial charge in [0.15, 0.2) is 0 Å². The van der Waals surface area contributed by atoms with Gasteiger partial charge in [0.2, 0.25) is 0 Å². The van der Waals surface area contributed by atoms with Crippen LogP contribution in [0.4, 0.5) is 0 Å². The van der Waals surface area contributed by atoms with Crippen molar-refractivity contribution in [1.82, 2.24) is 15.4 Å². The Labute approximate surface area is 143 Å². The Morgan fingerprint density at radius 1 is 1.14 bits per heavy atom. The molecule has 1 aromatic heterocycles. The van der Waals surface area contributed by atoms with Crippen LogP contribution in [0.5, 0.6) is 5.75 Å². The van der Waals surface area contributed by atoms with Gasteiger partial charge in [0.25, 0.3) is 11.8 Å². The van der Waals surface area contributed by atoms with Crippen LogP contribution in [0.15, 0.2) is 33.3 Å². The lowest BCUT2D eigenvalue weighted by Gasteiger charge is -2.10. The Morgan fingerprint density at radius 2 is 1.77 bits per heavy atom. The fraction of sp³-hybridized carbons (Fsp3) is 0.143. The summed E-state index contributed by atoms with van der Waals surface area (Å²) in [6.07, 6.45) is 1.72. The van der Waals surface area contributed by atoms with Gasteiger partial charge in [0.1, 0.15) is 11.4 Å². The predicted molar refractivity (Wildman–Crippen MR) is 88.6 cm³/mol. The molecule has 0 saturated carbocycles. The molecule has 0 spiro atoms. The third kappa shape index (κ3) is 3.50. The number of phenols is 1. The van der Waals surface area contributed by atoms with E-state index in [0.717, 1.165) is 10.0 Å². The molecule has 0 aliphatic rings. The summed E-state index contributed by atoms with van der Waals surface area (Å²) in [6, 6.07) is 4.84. The number of phenolic OH excluding ortho intramolecular Hbond substituents is 1. The lowest BCUT2D eigenvalue weighted by atomic mass is 10.1. The topological polar surface area (TPSA) is 83.4 Å². The quantitative estimate of drug-likeness (QED) is 0.640. The molecular formula is C14H13Br2N3O3. The van der Waals surface area contributed by atoms with Crippen molar-refractivity contribution < 1.29 is 14.7 Å². The van der Waals surface area contributed by atoms with Crippen molar-refractivity contribution in [3.63, 3.8) is 0 Å². The molecule has 0 radical (unpaired) electrons. The SMILES string of the molecule is Cc1cc(Br)c(O)c(C(=O)NNC(=O)c2cc(Br)cn2C)c1. The average molecular weight is 431 g/mol. The van der Waals surface area contributed by atoms with E-state index >= 15 is 0 Å². The van der Waals surface area contributed by atoms with Gasteiger partial charge < -0.3 is 9.67 Å². The van der Waals surface area contributed by atoms with Crippen LogP contribution in [0.1, 0.15) is 26.4 Å². The molecule has 3 N–H and O–H groups in total. The monoisotopic (exact) mass is 429 g/mol. The van der Waals surface area contributed by atoms with E-state index in [1.165, 1.54) is 6.07 Å². The first-order valence-electron chi connectivity index (χ1n) is 6.21. The van der Waals surface area contributed by atoms with Crippen molar-refractivity contribution >= 4 is 43.7 Å². The van der Waals surface area contributed by atoms with Gasteiger partial charge in [0, 0.05) is 17.7 Å². The summed E-state index contributed by atoms with van der Waals surface area (Å²) in [4.78, 5) is 24.1. The van der Waals surface area contributed by atoms with Gasteiger partial charge in [-0.2, -0.15) is 0 Å². The first kappa shape index (κ1) is 16.6. The number of halogens is 2. The maximum atomic E-state index is 12.1. The number of amides is 2. The zero-order valence-electron chi connectivity index (χ0n) is 11.8. The number of nitrogens with one attached hydrogen (secondary N) is 2. The number of aromatic hydroxyl groups is 1.